The van der Waals surface area contributed by atoms with Gasteiger partial charge in [0.15, 0.2) is 0 Å². The molecular weight excluding hydrogens is 510 g/mol. The van der Waals surface area contributed by atoms with Crippen LogP contribution < -0.4 is 5.32 Å². The van der Waals surface area contributed by atoms with Gasteiger partial charge in [-0.15, -0.1) is 0 Å². The predicted octanol–water partition coefficient (Wildman–Crippen LogP) is 6.05. The molecule has 2 aromatic carbocycles. The van der Waals surface area contributed by atoms with Gasteiger partial charge >= 0.3 is 6.18 Å². The lowest BCUT2D eigenvalue weighted by atomic mass is 9.96. The van der Waals surface area contributed by atoms with Crippen molar-refractivity contribution in [3.63, 3.8) is 0 Å². The molecule has 0 aliphatic carbocycles. The van der Waals surface area contributed by atoms with Gasteiger partial charge in [0.2, 0.25) is 0 Å². The third-order valence-electron chi connectivity index (χ3n) is 6.42. The molecule has 0 unspecified atom stereocenters. The molecule has 0 aliphatic heterocycles. The molecule has 10 heteroatoms. The van der Waals surface area contributed by atoms with E-state index >= 15 is 0 Å². The van der Waals surface area contributed by atoms with Crippen molar-refractivity contribution in [2.24, 2.45) is 0 Å². The Labute approximate surface area is 221 Å². The first-order valence-corrected chi connectivity index (χ1v) is 11.7. The lowest BCUT2D eigenvalue weighted by molar-refractivity contribution is -0.137. The number of carbonyl (C=O) groups is 1. The van der Waals surface area contributed by atoms with Crippen LogP contribution in [-0.4, -0.2) is 15.5 Å². The van der Waals surface area contributed by atoms with Crippen LogP contribution in [0.5, 0.6) is 0 Å². The molecule has 0 spiro atoms. The fourth-order valence-corrected chi connectivity index (χ4v) is 4.42. The Morgan fingerprint density at radius 1 is 1.03 bits per heavy atom. The molecule has 4 aromatic rings. The van der Waals surface area contributed by atoms with Gasteiger partial charge in [0.05, 0.1) is 22.8 Å². The quantitative estimate of drug-likeness (QED) is 0.307. The maximum Gasteiger partial charge on any atom is 0.417 e. The van der Waals surface area contributed by atoms with Gasteiger partial charge in [-0.2, -0.15) is 23.7 Å². The van der Waals surface area contributed by atoms with Crippen LogP contribution in [0.2, 0.25) is 0 Å². The van der Waals surface area contributed by atoms with Crippen LogP contribution in [0, 0.1) is 42.3 Å². The lowest BCUT2D eigenvalue weighted by Crippen LogP contribution is -2.24. The van der Waals surface area contributed by atoms with Gasteiger partial charge in [-0.3, -0.25) is 9.78 Å². The van der Waals surface area contributed by atoms with Crippen LogP contribution in [0.4, 0.5) is 17.6 Å². The van der Waals surface area contributed by atoms with Crippen LogP contribution >= 0.6 is 0 Å². The molecule has 6 nitrogen and oxygen atoms in total. The molecule has 0 saturated carbocycles. The summed E-state index contributed by atoms with van der Waals surface area (Å²) in [5, 5.41) is 21.6. The van der Waals surface area contributed by atoms with E-state index in [-0.39, 0.29) is 35.5 Å². The zero-order chi connectivity index (χ0) is 28.3. The summed E-state index contributed by atoms with van der Waals surface area (Å²) < 4.78 is 57.3. The van der Waals surface area contributed by atoms with Crippen LogP contribution in [0.1, 0.15) is 49.7 Å². The van der Waals surface area contributed by atoms with E-state index in [2.05, 4.69) is 16.4 Å². The van der Waals surface area contributed by atoms with Crippen molar-refractivity contribution in [1.82, 2.24) is 14.9 Å². The lowest BCUT2D eigenvalue weighted by Gasteiger charge is -2.13. The van der Waals surface area contributed by atoms with Crippen LogP contribution in [0.25, 0.3) is 11.1 Å². The van der Waals surface area contributed by atoms with E-state index in [1.54, 1.807) is 54.8 Å². The summed E-state index contributed by atoms with van der Waals surface area (Å²) in [5.74, 6) is -0.982. The first-order valence-electron chi connectivity index (χ1n) is 11.7. The summed E-state index contributed by atoms with van der Waals surface area (Å²) >= 11 is 0. The van der Waals surface area contributed by atoms with E-state index in [4.69, 9.17) is 5.26 Å². The minimum Gasteiger partial charge on any atom is -0.347 e. The monoisotopic (exact) mass is 531 g/mol. The third kappa shape index (κ3) is 5.51. The summed E-state index contributed by atoms with van der Waals surface area (Å²) in [6.07, 6.45) is -3.26. The first kappa shape index (κ1) is 27.1. The number of nitrogens with one attached hydrogen (secondary N) is 1. The summed E-state index contributed by atoms with van der Waals surface area (Å²) in [5.41, 5.74) is 1.14. The Kier molecular flexibility index (Phi) is 7.50. The zero-order valence-electron chi connectivity index (χ0n) is 20.9. The second kappa shape index (κ2) is 10.8. The Balaban J connectivity index is 1.62. The van der Waals surface area contributed by atoms with Crippen molar-refractivity contribution in [1.29, 1.82) is 10.5 Å². The first-order chi connectivity index (χ1) is 18.5. The van der Waals surface area contributed by atoms with E-state index in [0.717, 1.165) is 12.1 Å². The van der Waals surface area contributed by atoms with Gasteiger partial charge < -0.3 is 9.88 Å². The van der Waals surface area contributed by atoms with Crippen molar-refractivity contribution < 1.29 is 22.4 Å². The molecule has 196 valence electrons. The highest BCUT2D eigenvalue weighted by Gasteiger charge is 2.34. The summed E-state index contributed by atoms with van der Waals surface area (Å²) in [4.78, 5) is 16.2. The highest BCUT2D eigenvalue weighted by Crippen LogP contribution is 2.38. The largest absolute Gasteiger partial charge is 0.417 e. The van der Waals surface area contributed by atoms with Gasteiger partial charge in [-0.1, -0.05) is 24.3 Å². The number of halogens is 4. The van der Waals surface area contributed by atoms with E-state index in [1.165, 1.54) is 18.3 Å². The average molecular weight is 532 g/mol. The average Bonchev–Trinajstić information content (AvgIpc) is 3.16. The number of aromatic nitrogens is 2. The number of alkyl halides is 3. The summed E-state index contributed by atoms with van der Waals surface area (Å²) in [7, 11) is 0. The number of pyridine rings is 1. The number of rotatable bonds is 6. The van der Waals surface area contributed by atoms with Gasteiger partial charge in [0.25, 0.3) is 5.91 Å². The van der Waals surface area contributed by atoms with Gasteiger partial charge in [0.1, 0.15) is 17.6 Å². The second-order valence-corrected chi connectivity index (χ2v) is 8.81. The molecule has 0 saturated heterocycles. The molecule has 0 aliphatic rings. The van der Waals surface area contributed by atoms with E-state index in [9.17, 15) is 27.6 Å². The van der Waals surface area contributed by atoms with Crippen LogP contribution in [0.15, 0.2) is 60.8 Å². The van der Waals surface area contributed by atoms with E-state index in [1.807, 2.05) is 0 Å². The Morgan fingerprint density at radius 3 is 2.41 bits per heavy atom. The van der Waals surface area contributed by atoms with Gasteiger partial charge in [-0.05, 0) is 55.3 Å². The number of carbonyl (C=O) groups excluding carboxylic acids is 1. The molecule has 1 amide bonds. The van der Waals surface area contributed by atoms with Crippen molar-refractivity contribution in [2.45, 2.75) is 33.1 Å². The Hall–Kier alpha value is -4.96. The summed E-state index contributed by atoms with van der Waals surface area (Å²) in [6.45, 7) is 3.45. The second-order valence-electron chi connectivity index (χ2n) is 8.81. The third-order valence-corrected chi connectivity index (χ3v) is 6.42. The number of amides is 1. The number of benzene rings is 2. The normalized spacial score (nSPS) is 11.1. The number of nitriles is 2. The molecular formula is C29H21F4N5O. The van der Waals surface area contributed by atoms with E-state index in [0.29, 0.717) is 22.5 Å². The molecule has 2 aromatic heterocycles. The maximum atomic E-state index is 14.9. The highest BCUT2D eigenvalue weighted by molar-refractivity contribution is 5.92. The SMILES string of the molecule is Cc1c(C#N)c(-c2ccc(C#N)c(C(F)(F)F)c2)c(C)n1Cc1ccc(CNC(=O)c2ccccn2)c(F)c1. The van der Waals surface area contributed by atoms with Gasteiger partial charge in [0, 0.05) is 41.8 Å². The maximum absolute atomic E-state index is 14.9. The number of nitrogens with zero attached hydrogens (tertiary/aromatic N) is 4. The fourth-order valence-electron chi connectivity index (χ4n) is 4.42. The predicted molar refractivity (Wildman–Crippen MR) is 135 cm³/mol. The van der Waals surface area contributed by atoms with Gasteiger partial charge in [-0.25, -0.2) is 4.39 Å². The molecule has 1 N–H and O–H groups in total. The number of hydrogen-bond donors (Lipinski definition) is 1. The number of hydrogen-bond acceptors (Lipinski definition) is 4. The minimum absolute atomic E-state index is 0.0495. The standard InChI is InChI=1S/C29H21F4N5O/c1-17-23(14-35)27(20-8-9-21(13-34)24(12-20)29(31,32)33)18(2)38(17)16-19-6-7-22(25(30)11-19)15-37-28(39)26-5-3-4-10-36-26/h3-12H,15-16H2,1-2H3,(H,37,39). The Morgan fingerprint density at radius 2 is 1.79 bits per heavy atom. The molecule has 2 heterocycles. The minimum atomic E-state index is -4.74. The smallest absolute Gasteiger partial charge is 0.347 e. The molecule has 0 radical (unpaired) electrons. The van der Waals surface area contributed by atoms with E-state index < -0.39 is 29.0 Å². The van der Waals surface area contributed by atoms with Crippen LogP contribution in [-0.2, 0) is 19.3 Å². The molecule has 0 bridgehead atoms. The summed E-state index contributed by atoms with van der Waals surface area (Å²) in [6, 6.07) is 16.4. The van der Waals surface area contributed by atoms with Crippen LogP contribution in [0.3, 0.4) is 0 Å². The highest BCUT2D eigenvalue weighted by atomic mass is 19.4. The molecule has 4 rings (SSSR count). The molecule has 0 atom stereocenters. The van der Waals surface area contributed by atoms with Crippen molar-refractivity contribution in [2.75, 3.05) is 0 Å². The fraction of sp³-hybridized carbons (Fsp3) is 0.172. The van der Waals surface area contributed by atoms with Crippen molar-refractivity contribution in [3.05, 3.63) is 112 Å². The molecule has 0 fully saturated rings. The van der Waals surface area contributed by atoms with Crippen molar-refractivity contribution >= 4 is 5.91 Å². The zero-order valence-corrected chi connectivity index (χ0v) is 20.9. The topological polar surface area (TPSA) is 94.5 Å². The Bertz CT molecular complexity index is 1640. The molecule has 39 heavy (non-hydrogen) atoms. The van der Waals surface area contributed by atoms with Crippen molar-refractivity contribution in [3.8, 4) is 23.3 Å².